The number of ether oxygens (including phenoxy) is 1. The molecule has 1 aromatic rings. The van der Waals surface area contributed by atoms with Crippen LogP contribution in [0.25, 0.3) is 0 Å². The molecule has 1 aromatic carbocycles. The highest BCUT2D eigenvalue weighted by Crippen LogP contribution is 2.22. The van der Waals surface area contributed by atoms with E-state index in [4.69, 9.17) is 9.57 Å². The van der Waals surface area contributed by atoms with Crippen molar-refractivity contribution in [3.63, 3.8) is 0 Å². The molecule has 0 aliphatic carbocycles. The van der Waals surface area contributed by atoms with Crippen LogP contribution >= 0.6 is 0 Å². The maximum absolute atomic E-state index is 12.5. The second-order valence-corrected chi connectivity index (χ2v) is 7.33. The number of amides is 4. The van der Waals surface area contributed by atoms with Gasteiger partial charge in [-0.3, -0.25) is 4.79 Å². The predicted molar refractivity (Wildman–Crippen MR) is 106 cm³/mol. The zero-order valence-corrected chi connectivity index (χ0v) is 17.2. The van der Waals surface area contributed by atoms with Gasteiger partial charge >= 0.3 is 12.1 Å². The van der Waals surface area contributed by atoms with Gasteiger partial charge in [0.15, 0.2) is 0 Å². The summed E-state index contributed by atoms with van der Waals surface area (Å²) in [5.41, 5.74) is 1.04. The van der Waals surface area contributed by atoms with Crippen molar-refractivity contribution in [1.82, 2.24) is 19.8 Å². The molecule has 2 fully saturated rings. The maximum atomic E-state index is 12.5. The summed E-state index contributed by atoms with van der Waals surface area (Å²) in [6, 6.07) is 6.41. The molecule has 2 saturated heterocycles. The molecule has 2 aliphatic rings. The first-order valence-corrected chi connectivity index (χ1v) is 9.43. The van der Waals surface area contributed by atoms with Crippen molar-refractivity contribution in [2.75, 3.05) is 65.9 Å². The van der Waals surface area contributed by atoms with Gasteiger partial charge in [0.25, 0.3) is 5.91 Å². The number of hydrogen-bond acceptors (Lipinski definition) is 7. The van der Waals surface area contributed by atoms with Crippen LogP contribution in [0, 0.1) is 0 Å². The van der Waals surface area contributed by atoms with Gasteiger partial charge in [0.05, 0.1) is 7.11 Å². The Kier molecular flexibility index (Phi) is 6.12. The molecule has 10 nitrogen and oxygen atoms in total. The summed E-state index contributed by atoms with van der Waals surface area (Å²) < 4.78 is 5.17. The molecule has 10 heteroatoms. The fraction of sp³-hybridized carbons (Fsp3) is 0.526. The number of hydrogen-bond donors (Lipinski definition) is 0. The molecular formula is C19H27N5O5. The van der Waals surface area contributed by atoms with Crippen LogP contribution in [0.5, 0.6) is 5.75 Å². The minimum Gasteiger partial charge on any atom is -0.497 e. The van der Waals surface area contributed by atoms with E-state index in [2.05, 4.69) is 4.90 Å². The van der Waals surface area contributed by atoms with E-state index >= 15 is 0 Å². The van der Waals surface area contributed by atoms with Gasteiger partial charge in [-0.2, -0.15) is 0 Å². The van der Waals surface area contributed by atoms with Crippen molar-refractivity contribution in [2.24, 2.45) is 0 Å². The molecule has 0 saturated carbocycles. The van der Waals surface area contributed by atoms with E-state index in [-0.39, 0.29) is 0 Å². The van der Waals surface area contributed by atoms with Crippen LogP contribution < -0.4 is 9.64 Å². The Hall–Kier alpha value is -3.01. The van der Waals surface area contributed by atoms with Gasteiger partial charge in [0.2, 0.25) is 0 Å². The van der Waals surface area contributed by atoms with E-state index < -0.39 is 24.1 Å². The van der Waals surface area contributed by atoms with Gasteiger partial charge in [0, 0.05) is 45.5 Å². The highest BCUT2D eigenvalue weighted by molar-refractivity contribution is 6.03. The van der Waals surface area contributed by atoms with Gasteiger partial charge in [0.1, 0.15) is 11.8 Å². The molecular weight excluding hydrogens is 378 g/mol. The topological polar surface area (TPSA) is 85.9 Å². The summed E-state index contributed by atoms with van der Waals surface area (Å²) >= 11 is 0. The lowest BCUT2D eigenvalue weighted by Gasteiger charge is -2.35. The lowest BCUT2D eigenvalue weighted by atomic mass is 10.2. The smallest absolute Gasteiger partial charge is 0.434 e. The van der Waals surface area contributed by atoms with Crippen molar-refractivity contribution in [2.45, 2.75) is 6.04 Å². The van der Waals surface area contributed by atoms with Crippen LogP contribution in [0.4, 0.5) is 15.3 Å². The Balaban J connectivity index is 1.55. The second-order valence-electron chi connectivity index (χ2n) is 7.33. The second kappa shape index (κ2) is 8.56. The molecule has 158 valence electrons. The molecule has 0 spiro atoms. The average molecular weight is 405 g/mol. The van der Waals surface area contributed by atoms with Crippen LogP contribution in [-0.4, -0.2) is 105 Å². The van der Waals surface area contributed by atoms with Gasteiger partial charge in [-0.25, -0.2) is 9.59 Å². The third-order valence-electron chi connectivity index (χ3n) is 5.11. The van der Waals surface area contributed by atoms with Crippen molar-refractivity contribution in [3.05, 3.63) is 24.3 Å². The highest BCUT2D eigenvalue weighted by Gasteiger charge is 2.46. The lowest BCUT2D eigenvalue weighted by Crippen LogP contribution is -2.50. The Morgan fingerprint density at radius 2 is 1.72 bits per heavy atom. The van der Waals surface area contributed by atoms with E-state index in [0.29, 0.717) is 37.8 Å². The predicted octanol–water partition coefficient (Wildman–Crippen LogP) is 0.693. The van der Waals surface area contributed by atoms with Crippen molar-refractivity contribution >= 4 is 23.7 Å². The standard InChI is InChI=1S/C19H27N5O5/c1-20(2)13-16-17(25)24(18(26)21(16)3)29-19(27)23-11-9-22(10-12-23)14-5-7-15(28-4)8-6-14/h5-8,16H,9-13H2,1-4H3. The number of anilines is 1. The fourth-order valence-electron chi connectivity index (χ4n) is 3.38. The van der Waals surface area contributed by atoms with E-state index in [1.54, 1.807) is 12.0 Å². The van der Waals surface area contributed by atoms with Crippen LogP contribution in [-0.2, 0) is 9.63 Å². The van der Waals surface area contributed by atoms with Crippen LogP contribution in [0.3, 0.4) is 0 Å². The monoisotopic (exact) mass is 405 g/mol. The number of hydroxylamine groups is 2. The number of urea groups is 1. The number of piperazine rings is 1. The zero-order valence-electron chi connectivity index (χ0n) is 17.2. The van der Waals surface area contributed by atoms with Crippen molar-refractivity contribution in [1.29, 1.82) is 0 Å². The molecule has 1 atom stereocenters. The zero-order chi connectivity index (χ0) is 21.1. The molecule has 0 bridgehead atoms. The number of imide groups is 1. The molecule has 1 unspecified atom stereocenters. The van der Waals surface area contributed by atoms with Gasteiger partial charge < -0.3 is 29.2 Å². The van der Waals surface area contributed by atoms with Gasteiger partial charge in [-0.1, -0.05) is 5.06 Å². The number of nitrogens with zero attached hydrogens (tertiary/aromatic N) is 5. The summed E-state index contributed by atoms with van der Waals surface area (Å²) in [7, 11) is 6.76. The average Bonchev–Trinajstić information content (AvgIpc) is 2.92. The highest BCUT2D eigenvalue weighted by atomic mass is 16.7. The quantitative estimate of drug-likeness (QED) is 0.667. The molecule has 2 aliphatic heterocycles. The number of carbonyl (C=O) groups excluding carboxylic acids is 3. The maximum Gasteiger partial charge on any atom is 0.434 e. The Morgan fingerprint density at radius 3 is 2.28 bits per heavy atom. The molecule has 2 heterocycles. The Bertz CT molecular complexity index is 761. The first kappa shape index (κ1) is 20.7. The van der Waals surface area contributed by atoms with Gasteiger partial charge in [-0.15, -0.1) is 0 Å². The normalized spacial score (nSPS) is 20.0. The number of methoxy groups -OCH3 is 1. The van der Waals surface area contributed by atoms with Gasteiger partial charge in [-0.05, 0) is 38.4 Å². The summed E-state index contributed by atoms with van der Waals surface area (Å²) in [5, 5.41) is 0.576. The number of benzene rings is 1. The number of likely N-dealkylation sites (N-methyl/N-ethyl adjacent to an activating group) is 2. The van der Waals surface area contributed by atoms with Crippen LogP contribution in [0.2, 0.25) is 0 Å². The van der Waals surface area contributed by atoms with Crippen molar-refractivity contribution < 1.29 is 24.0 Å². The third kappa shape index (κ3) is 4.37. The molecule has 3 rings (SSSR count). The molecule has 0 aromatic heterocycles. The van der Waals surface area contributed by atoms with Crippen LogP contribution in [0.15, 0.2) is 24.3 Å². The Morgan fingerprint density at radius 1 is 1.10 bits per heavy atom. The summed E-state index contributed by atoms with van der Waals surface area (Å²) in [6.07, 6.45) is -0.694. The minimum atomic E-state index is -0.694. The molecule has 4 amide bonds. The molecule has 0 radical (unpaired) electrons. The third-order valence-corrected chi connectivity index (χ3v) is 5.11. The van der Waals surface area contributed by atoms with E-state index in [1.165, 1.54) is 16.8 Å². The van der Waals surface area contributed by atoms with Crippen LogP contribution in [0.1, 0.15) is 0 Å². The summed E-state index contributed by atoms with van der Waals surface area (Å²) in [5.74, 6) is 0.255. The SMILES string of the molecule is COc1ccc(N2CCN(C(=O)ON3C(=O)C(CN(C)C)N(C)C3=O)CC2)cc1. The number of carbonyl (C=O) groups is 3. The first-order valence-electron chi connectivity index (χ1n) is 9.43. The largest absolute Gasteiger partial charge is 0.497 e. The summed E-state index contributed by atoms with van der Waals surface area (Å²) in [4.78, 5) is 49.2. The Labute approximate surface area is 170 Å². The van der Waals surface area contributed by atoms with E-state index in [1.807, 2.05) is 38.4 Å². The number of rotatable bonds is 5. The minimum absolute atomic E-state index is 0.357. The fourth-order valence-corrected chi connectivity index (χ4v) is 3.38. The van der Waals surface area contributed by atoms with E-state index in [0.717, 1.165) is 11.4 Å². The summed E-state index contributed by atoms with van der Waals surface area (Å²) in [6.45, 7) is 2.45. The van der Waals surface area contributed by atoms with Crippen molar-refractivity contribution in [3.8, 4) is 5.75 Å². The lowest BCUT2D eigenvalue weighted by molar-refractivity contribution is -0.152. The first-order chi connectivity index (χ1) is 13.8. The molecule has 29 heavy (non-hydrogen) atoms. The van der Waals surface area contributed by atoms with E-state index in [9.17, 15) is 14.4 Å². The molecule has 0 N–H and O–H groups in total.